The average molecular weight is 285 g/mol. The number of fused-ring (bicyclic) bond motifs is 1. The number of rotatable bonds is 5. The lowest BCUT2D eigenvalue weighted by Gasteiger charge is -2.20. The molecule has 1 nitrogen and oxygen atoms in total. The number of aryl methyl sites for hydroxylation is 3. The highest BCUT2D eigenvalue weighted by Crippen LogP contribution is 2.31. The van der Waals surface area contributed by atoms with Crippen molar-refractivity contribution in [2.45, 2.75) is 45.6 Å². The van der Waals surface area contributed by atoms with Gasteiger partial charge in [0.25, 0.3) is 0 Å². The van der Waals surface area contributed by atoms with Crippen LogP contribution in [-0.2, 0) is 12.8 Å². The number of benzene rings is 1. The number of thiophene rings is 1. The van der Waals surface area contributed by atoms with Gasteiger partial charge in [-0.05, 0) is 72.9 Å². The molecule has 1 aliphatic rings. The van der Waals surface area contributed by atoms with Gasteiger partial charge >= 0.3 is 0 Å². The van der Waals surface area contributed by atoms with E-state index in [1.807, 2.05) is 11.3 Å². The molecule has 1 aromatic carbocycles. The van der Waals surface area contributed by atoms with Crippen LogP contribution in [0.15, 0.2) is 29.6 Å². The lowest BCUT2D eigenvalue weighted by molar-refractivity contribution is 0.597. The molecule has 1 aromatic heterocycles. The van der Waals surface area contributed by atoms with E-state index in [2.05, 4.69) is 48.8 Å². The van der Waals surface area contributed by atoms with Crippen LogP contribution in [0.4, 0.5) is 0 Å². The SMILES string of the molecule is CCCNC(c1ccc2c(c1)CCC2)c1ccsc1C. The van der Waals surface area contributed by atoms with E-state index < -0.39 is 0 Å². The van der Waals surface area contributed by atoms with Crippen LogP contribution in [0, 0.1) is 6.92 Å². The van der Waals surface area contributed by atoms with Gasteiger partial charge in [-0.3, -0.25) is 0 Å². The standard InChI is InChI=1S/C18H23NS/c1-3-10-19-18(17-9-11-20-13(17)2)16-8-7-14-5-4-6-15(14)12-16/h7-9,11-12,18-19H,3-6,10H2,1-2H3. The maximum Gasteiger partial charge on any atom is 0.0587 e. The summed E-state index contributed by atoms with van der Waals surface area (Å²) in [6.07, 6.45) is 5.01. The molecule has 1 unspecified atom stereocenters. The predicted octanol–water partition coefficient (Wildman–Crippen LogP) is 4.63. The summed E-state index contributed by atoms with van der Waals surface area (Å²) in [5.74, 6) is 0. The van der Waals surface area contributed by atoms with E-state index in [1.165, 1.54) is 41.7 Å². The Bertz CT molecular complexity index is 585. The Morgan fingerprint density at radius 3 is 2.80 bits per heavy atom. The smallest absolute Gasteiger partial charge is 0.0587 e. The van der Waals surface area contributed by atoms with Crippen molar-refractivity contribution in [2.75, 3.05) is 6.54 Å². The van der Waals surface area contributed by atoms with E-state index in [4.69, 9.17) is 0 Å². The van der Waals surface area contributed by atoms with Crippen LogP contribution in [0.5, 0.6) is 0 Å². The number of hydrogen-bond acceptors (Lipinski definition) is 2. The Morgan fingerprint density at radius 2 is 2.05 bits per heavy atom. The predicted molar refractivity (Wildman–Crippen MR) is 87.7 cm³/mol. The fourth-order valence-corrected chi connectivity index (χ4v) is 3.90. The lowest BCUT2D eigenvalue weighted by atomic mass is 9.96. The average Bonchev–Trinajstić information content (AvgIpc) is 3.08. The van der Waals surface area contributed by atoms with E-state index in [0.717, 1.165) is 6.54 Å². The molecule has 1 aliphatic carbocycles. The Balaban J connectivity index is 1.94. The van der Waals surface area contributed by atoms with Crippen molar-refractivity contribution in [2.24, 2.45) is 0 Å². The molecule has 0 saturated heterocycles. The molecule has 1 heterocycles. The first kappa shape index (κ1) is 13.8. The molecule has 0 spiro atoms. The van der Waals surface area contributed by atoms with Crippen LogP contribution >= 0.6 is 11.3 Å². The molecule has 0 amide bonds. The first-order chi connectivity index (χ1) is 9.79. The molecule has 3 rings (SSSR count). The first-order valence-corrected chi connectivity index (χ1v) is 8.56. The van der Waals surface area contributed by atoms with Gasteiger partial charge in [0.2, 0.25) is 0 Å². The van der Waals surface area contributed by atoms with E-state index in [-0.39, 0.29) is 0 Å². The normalized spacial score (nSPS) is 15.3. The van der Waals surface area contributed by atoms with Gasteiger partial charge in [0.1, 0.15) is 0 Å². The van der Waals surface area contributed by atoms with Crippen LogP contribution in [0.1, 0.15) is 52.9 Å². The second-order valence-electron chi connectivity index (χ2n) is 5.70. The van der Waals surface area contributed by atoms with Gasteiger partial charge < -0.3 is 5.32 Å². The van der Waals surface area contributed by atoms with Gasteiger partial charge in [-0.15, -0.1) is 11.3 Å². The molecule has 2 aromatic rings. The second-order valence-corrected chi connectivity index (χ2v) is 6.82. The lowest BCUT2D eigenvalue weighted by Crippen LogP contribution is -2.23. The largest absolute Gasteiger partial charge is 0.306 e. The van der Waals surface area contributed by atoms with Crippen LogP contribution in [-0.4, -0.2) is 6.54 Å². The summed E-state index contributed by atoms with van der Waals surface area (Å²) < 4.78 is 0. The van der Waals surface area contributed by atoms with Crippen molar-refractivity contribution < 1.29 is 0 Å². The van der Waals surface area contributed by atoms with Crippen LogP contribution < -0.4 is 5.32 Å². The van der Waals surface area contributed by atoms with Crippen LogP contribution in [0.25, 0.3) is 0 Å². The summed E-state index contributed by atoms with van der Waals surface area (Å²) in [6.45, 7) is 5.53. The first-order valence-electron chi connectivity index (χ1n) is 7.68. The summed E-state index contributed by atoms with van der Waals surface area (Å²) in [4.78, 5) is 1.43. The Morgan fingerprint density at radius 1 is 1.20 bits per heavy atom. The molecule has 0 bridgehead atoms. The van der Waals surface area contributed by atoms with Gasteiger partial charge in [0.05, 0.1) is 6.04 Å². The van der Waals surface area contributed by atoms with Crippen molar-refractivity contribution in [1.82, 2.24) is 5.32 Å². The third-order valence-electron chi connectivity index (χ3n) is 4.26. The van der Waals surface area contributed by atoms with Crippen molar-refractivity contribution in [3.05, 3.63) is 56.8 Å². The second kappa shape index (κ2) is 6.11. The molecule has 20 heavy (non-hydrogen) atoms. The minimum atomic E-state index is 0.354. The third-order valence-corrected chi connectivity index (χ3v) is 5.13. The molecule has 0 saturated carbocycles. The third kappa shape index (κ3) is 2.68. The van der Waals surface area contributed by atoms with E-state index in [0.29, 0.717) is 6.04 Å². The van der Waals surface area contributed by atoms with Gasteiger partial charge in [-0.25, -0.2) is 0 Å². The van der Waals surface area contributed by atoms with Crippen molar-refractivity contribution in [1.29, 1.82) is 0 Å². The summed E-state index contributed by atoms with van der Waals surface area (Å²) in [5.41, 5.74) is 6.01. The molecule has 106 valence electrons. The van der Waals surface area contributed by atoms with Gasteiger partial charge in [-0.1, -0.05) is 25.1 Å². The molecular weight excluding hydrogens is 262 g/mol. The molecule has 0 radical (unpaired) electrons. The Hall–Kier alpha value is -1.12. The summed E-state index contributed by atoms with van der Waals surface area (Å²) in [7, 11) is 0. The number of nitrogens with one attached hydrogen (secondary N) is 1. The zero-order valence-electron chi connectivity index (χ0n) is 12.4. The highest BCUT2D eigenvalue weighted by molar-refractivity contribution is 7.10. The van der Waals surface area contributed by atoms with E-state index in [9.17, 15) is 0 Å². The topological polar surface area (TPSA) is 12.0 Å². The van der Waals surface area contributed by atoms with Crippen LogP contribution in [0.2, 0.25) is 0 Å². The summed E-state index contributed by atoms with van der Waals surface area (Å²) in [5, 5.41) is 5.93. The minimum absolute atomic E-state index is 0.354. The summed E-state index contributed by atoms with van der Waals surface area (Å²) in [6, 6.07) is 9.74. The monoisotopic (exact) mass is 285 g/mol. The van der Waals surface area contributed by atoms with Crippen molar-refractivity contribution in [3.8, 4) is 0 Å². The van der Waals surface area contributed by atoms with Gasteiger partial charge in [-0.2, -0.15) is 0 Å². The van der Waals surface area contributed by atoms with Gasteiger partial charge in [0, 0.05) is 4.88 Å². The Kier molecular flexibility index (Phi) is 4.23. The fourth-order valence-electron chi connectivity index (χ4n) is 3.16. The molecule has 1 atom stereocenters. The molecule has 0 fully saturated rings. The molecular formula is C18H23NS. The highest BCUT2D eigenvalue weighted by Gasteiger charge is 2.19. The zero-order valence-corrected chi connectivity index (χ0v) is 13.2. The molecule has 1 N–H and O–H groups in total. The summed E-state index contributed by atoms with van der Waals surface area (Å²) >= 11 is 1.85. The number of hydrogen-bond donors (Lipinski definition) is 1. The van der Waals surface area contributed by atoms with E-state index in [1.54, 1.807) is 11.1 Å². The van der Waals surface area contributed by atoms with Crippen molar-refractivity contribution >= 4 is 11.3 Å². The quantitative estimate of drug-likeness (QED) is 0.844. The maximum absolute atomic E-state index is 3.73. The van der Waals surface area contributed by atoms with Crippen molar-refractivity contribution in [3.63, 3.8) is 0 Å². The Labute approximate surface area is 126 Å². The fraction of sp³-hybridized carbons (Fsp3) is 0.444. The van der Waals surface area contributed by atoms with Gasteiger partial charge in [0.15, 0.2) is 0 Å². The molecule has 0 aliphatic heterocycles. The zero-order chi connectivity index (χ0) is 13.9. The van der Waals surface area contributed by atoms with Crippen LogP contribution in [0.3, 0.4) is 0 Å². The maximum atomic E-state index is 3.73. The molecule has 2 heteroatoms. The van der Waals surface area contributed by atoms with E-state index >= 15 is 0 Å². The minimum Gasteiger partial charge on any atom is -0.306 e. The highest BCUT2D eigenvalue weighted by atomic mass is 32.1.